The van der Waals surface area contributed by atoms with Gasteiger partial charge in [-0.25, -0.2) is 4.98 Å². The Bertz CT molecular complexity index is 431. The van der Waals surface area contributed by atoms with Gasteiger partial charge in [-0.15, -0.1) is 0 Å². The van der Waals surface area contributed by atoms with Crippen LogP contribution in [0, 0.1) is 10.1 Å². The van der Waals surface area contributed by atoms with E-state index in [0.29, 0.717) is 5.95 Å². The van der Waals surface area contributed by atoms with Crippen molar-refractivity contribution >= 4 is 17.5 Å². The van der Waals surface area contributed by atoms with Crippen LogP contribution >= 0.6 is 0 Å². The molecule has 0 amide bonds. The second-order valence-electron chi connectivity index (χ2n) is 4.33. The van der Waals surface area contributed by atoms with E-state index >= 15 is 0 Å². The van der Waals surface area contributed by atoms with Crippen LogP contribution in [0.25, 0.3) is 0 Å². The highest BCUT2D eigenvalue weighted by atomic mass is 16.6. The maximum atomic E-state index is 10.9. The molecule has 0 atom stereocenters. The van der Waals surface area contributed by atoms with Crippen molar-refractivity contribution in [3.05, 3.63) is 16.3 Å². The summed E-state index contributed by atoms with van der Waals surface area (Å²) in [6.45, 7) is 6.07. The molecule has 0 radical (unpaired) electrons. The van der Waals surface area contributed by atoms with E-state index in [1.165, 1.54) is 6.20 Å². The molecule has 0 aliphatic carbocycles. The minimum atomic E-state index is -0.479. The SMILES string of the molecule is CCC(C)(CC)Nc1nc(NC)ncc1[N+](=O)[O-]. The molecule has 0 unspecified atom stereocenters. The van der Waals surface area contributed by atoms with Gasteiger partial charge in [0.2, 0.25) is 11.8 Å². The Morgan fingerprint density at radius 3 is 2.50 bits per heavy atom. The number of hydrogen-bond acceptors (Lipinski definition) is 6. The van der Waals surface area contributed by atoms with Crippen LogP contribution in [0.4, 0.5) is 17.5 Å². The molecule has 7 heteroatoms. The first-order chi connectivity index (χ1) is 8.45. The van der Waals surface area contributed by atoms with Crippen LogP contribution < -0.4 is 10.6 Å². The van der Waals surface area contributed by atoms with Gasteiger partial charge in [0.25, 0.3) is 0 Å². The molecule has 0 saturated heterocycles. The Morgan fingerprint density at radius 2 is 2.06 bits per heavy atom. The van der Waals surface area contributed by atoms with Gasteiger partial charge in [-0.05, 0) is 19.8 Å². The molecule has 0 aliphatic rings. The summed E-state index contributed by atoms with van der Waals surface area (Å²) in [5, 5.41) is 16.9. The summed E-state index contributed by atoms with van der Waals surface area (Å²) in [5.74, 6) is 0.614. The minimum Gasteiger partial charge on any atom is -0.359 e. The lowest BCUT2D eigenvalue weighted by atomic mass is 9.95. The fourth-order valence-corrected chi connectivity index (χ4v) is 1.43. The van der Waals surface area contributed by atoms with Crippen molar-refractivity contribution in [2.75, 3.05) is 17.7 Å². The van der Waals surface area contributed by atoms with Crippen LogP contribution in [0.5, 0.6) is 0 Å². The normalized spacial score (nSPS) is 11.1. The quantitative estimate of drug-likeness (QED) is 0.597. The summed E-state index contributed by atoms with van der Waals surface area (Å²) in [5.41, 5.74) is -0.327. The van der Waals surface area contributed by atoms with Crippen molar-refractivity contribution < 1.29 is 4.92 Å². The van der Waals surface area contributed by atoms with Gasteiger partial charge in [-0.2, -0.15) is 4.98 Å². The lowest BCUT2D eigenvalue weighted by Crippen LogP contribution is -2.33. The number of anilines is 2. The van der Waals surface area contributed by atoms with E-state index in [-0.39, 0.29) is 17.0 Å². The molecule has 18 heavy (non-hydrogen) atoms. The van der Waals surface area contributed by atoms with Gasteiger partial charge in [0, 0.05) is 12.6 Å². The zero-order valence-corrected chi connectivity index (χ0v) is 11.1. The van der Waals surface area contributed by atoms with E-state index in [9.17, 15) is 10.1 Å². The molecular weight excluding hydrogens is 234 g/mol. The van der Waals surface area contributed by atoms with Crippen LogP contribution in [0.3, 0.4) is 0 Å². The topological polar surface area (TPSA) is 93.0 Å². The monoisotopic (exact) mass is 253 g/mol. The third-order valence-corrected chi connectivity index (χ3v) is 3.17. The van der Waals surface area contributed by atoms with Crippen molar-refractivity contribution in [3.63, 3.8) is 0 Å². The molecule has 1 heterocycles. The molecule has 7 nitrogen and oxygen atoms in total. The third kappa shape index (κ3) is 3.06. The van der Waals surface area contributed by atoms with Crippen LogP contribution in [0.1, 0.15) is 33.6 Å². The summed E-state index contributed by atoms with van der Waals surface area (Å²) in [6, 6.07) is 0. The average Bonchev–Trinajstić information content (AvgIpc) is 2.38. The van der Waals surface area contributed by atoms with Gasteiger partial charge < -0.3 is 10.6 Å². The number of aromatic nitrogens is 2. The summed E-state index contributed by atoms with van der Waals surface area (Å²) in [7, 11) is 1.67. The Hall–Kier alpha value is -1.92. The molecular formula is C11H19N5O2. The molecule has 2 N–H and O–H groups in total. The van der Waals surface area contributed by atoms with Gasteiger partial charge in [-0.1, -0.05) is 13.8 Å². The van der Waals surface area contributed by atoms with Gasteiger partial charge in [0.05, 0.1) is 4.92 Å². The van der Waals surface area contributed by atoms with Gasteiger partial charge in [0.1, 0.15) is 6.20 Å². The van der Waals surface area contributed by atoms with Crippen LogP contribution in [0.2, 0.25) is 0 Å². The number of nitro groups is 1. The lowest BCUT2D eigenvalue weighted by molar-refractivity contribution is -0.384. The van der Waals surface area contributed by atoms with Gasteiger partial charge in [-0.3, -0.25) is 10.1 Å². The predicted octanol–water partition coefficient (Wildman–Crippen LogP) is 2.42. The highest BCUT2D eigenvalue weighted by molar-refractivity contribution is 5.58. The zero-order valence-electron chi connectivity index (χ0n) is 11.1. The highest BCUT2D eigenvalue weighted by Gasteiger charge is 2.25. The molecule has 1 aromatic heterocycles. The molecule has 0 aromatic carbocycles. The number of hydrogen-bond donors (Lipinski definition) is 2. The smallest absolute Gasteiger partial charge is 0.329 e. The molecule has 0 bridgehead atoms. The van der Waals surface area contributed by atoms with E-state index in [1.807, 2.05) is 20.8 Å². The van der Waals surface area contributed by atoms with E-state index in [2.05, 4.69) is 20.6 Å². The largest absolute Gasteiger partial charge is 0.359 e. The Labute approximate surface area is 106 Å². The Morgan fingerprint density at radius 1 is 1.44 bits per heavy atom. The van der Waals surface area contributed by atoms with E-state index in [0.717, 1.165) is 12.8 Å². The average molecular weight is 253 g/mol. The first-order valence-corrected chi connectivity index (χ1v) is 5.93. The Kier molecular flexibility index (Phi) is 4.41. The van der Waals surface area contributed by atoms with Gasteiger partial charge >= 0.3 is 5.69 Å². The molecule has 0 spiro atoms. The molecule has 1 rings (SSSR count). The first kappa shape index (κ1) is 14.1. The summed E-state index contributed by atoms with van der Waals surface area (Å²) in [4.78, 5) is 18.4. The minimum absolute atomic E-state index is 0.109. The van der Waals surface area contributed by atoms with E-state index in [1.54, 1.807) is 7.05 Å². The fraction of sp³-hybridized carbons (Fsp3) is 0.636. The summed E-state index contributed by atoms with van der Waals surface area (Å²) < 4.78 is 0. The van der Waals surface area contributed by atoms with Gasteiger partial charge in [0.15, 0.2) is 0 Å². The van der Waals surface area contributed by atoms with E-state index in [4.69, 9.17) is 0 Å². The van der Waals surface area contributed by atoms with Crippen LogP contribution in [0.15, 0.2) is 6.20 Å². The standard InChI is InChI=1S/C11H19N5O2/c1-5-11(3,6-2)15-9-8(16(17)18)7-13-10(12-4)14-9/h7H,5-6H2,1-4H3,(H2,12,13,14,15). The summed E-state index contributed by atoms with van der Waals surface area (Å²) >= 11 is 0. The fourth-order valence-electron chi connectivity index (χ4n) is 1.43. The molecule has 0 saturated carbocycles. The molecule has 100 valence electrons. The van der Waals surface area contributed by atoms with Crippen molar-refractivity contribution in [1.82, 2.24) is 9.97 Å². The highest BCUT2D eigenvalue weighted by Crippen LogP contribution is 2.27. The molecule has 0 aliphatic heterocycles. The van der Waals surface area contributed by atoms with Crippen molar-refractivity contribution in [3.8, 4) is 0 Å². The van der Waals surface area contributed by atoms with Crippen molar-refractivity contribution in [1.29, 1.82) is 0 Å². The maximum Gasteiger partial charge on any atom is 0.329 e. The zero-order chi connectivity index (χ0) is 13.8. The number of nitrogens with zero attached hydrogens (tertiary/aromatic N) is 3. The van der Waals surface area contributed by atoms with Crippen LogP contribution in [-0.4, -0.2) is 27.5 Å². The maximum absolute atomic E-state index is 10.9. The van der Waals surface area contributed by atoms with Crippen molar-refractivity contribution in [2.24, 2.45) is 0 Å². The second kappa shape index (κ2) is 5.61. The number of rotatable bonds is 6. The van der Waals surface area contributed by atoms with Crippen molar-refractivity contribution in [2.45, 2.75) is 39.2 Å². The Balaban J connectivity index is 3.15. The van der Waals surface area contributed by atoms with Crippen LogP contribution in [-0.2, 0) is 0 Å². The van der Waals surface area contributed by atoms with E-state index < -0.39 is 4.92 Å². The first-order valence-electron chi connectivity index (χ1n) is 5.93. The third-order valence-electron chi connectivity index (χ3n) is 3.17. The summed E-state index contributed by atoms with van der Waals surface area (Å²) in [6.07, 6.45) is 2.91. The lowest BCUT2D eigenvalue weighted by Gasteiger charge is -2.28. The molecule has 0 fully saturated rings. The number of nitrogens with one attached hydrogen (secondary N) is 2. The predicted molar refractivity (Wildman–Crippen MR) is 70.8 cm³/mol. The molecule has 1 aromatic rings. The second-order valence-corrected chi connectivity index (χ2v) is 4.33.